The summed E-state index contributed by atoms with van der Waals surface area (Å²) in [4.78, 5) is 32.2. The number of amides is 1. The first-order valence-electron chi connectivity index (χ1n) is 8.77. The highest BCUT2D eigenvalue weighted by Gasteiger charge is 2.23. The highest BCUT2D eigenvalue weighted by Crippen LogP contribution is 2.19. The Morgan fingerprint density at radius 1 is 1.15 bits per heavy atom. The molecular formula is C19H24N4O3. The van der Waals surface area contributed by atoms with Crippen molar-refractivity contribution >= 4 is 17.6 Å². The third-order valence-corrected chi connectivity index (χ3v) is 4.79. The quantitative estimate of drug-likeness (QED) is 0.766. The van der Waals surface area contributed by atoms with Gasteiger partial charge < -0.3 is 19.1 Å². The molecule has 1 atom stereocenters. The van der Waals surface area contributed by atoms with Crippen LogP contribution in [0.15, 0.2) is 43.0 Å². The van der Waals surface area contributed by atoms with E-state index in [0.29, 0.717) is 25.1 Å². The summed E-state index contributed by atoms with van der Waals surface area (Å²) in [6.45, 7) is 4.99. The zero-order valence-corrected chi connectivity index (χ0v) is 15.2. The summed E-state index contributed by atoms with van der Waals surface area (Å²) < 4.78 is 6.67. The summed E-state index contributed by atoms with van der Waals surface area (Å²) in [5, 5.41) is 0. The fraction of sp³-hybridized carbons (Fsp3) is 0.421. The van der Waals surface area contributed by atoms with E-state index in [-0.39, 0.29) is 17.9 Å². The van der Waals surface area contributed by atoms with Gasteiger partial charge in [0.2, 0.25) is 5.91 Å². The number of carbonyl (C=O) groups is 2. The first-order valence-corrected chi connectivity index (χ1v) is 8.77. The first-order chi connectivity index (χ1) is 12.6. The lowest BCUT2D eigenvalue weighted by Gasteiger charge is -2.36. The first kappa shape index (κ1) is 18.0. The van der Waals surface area contributed by atoms with E-state index in [1.807, 2.05) is 34.7 Å². The van der Waals surface area contributed by atoms with Crippen molar-refractivity contribution in [2.24, 2.45) is 0 Å². The maximum Gasteiger partial charge on any atom is 0.337 e. The van der Waals surface area contributed by atoms with Gasteiger partial charge >= 0.3 is 5.97 Å². The van der Waals surface area contributed by atoms with Crippen molar-refractivity contribution in [3.63, 3.8) is 0 Å². The van der Waals surface area contributed by atoms with E-state index >= 15 is 0 Å². The number of imidazole rings is 1. The molecule has 1 fully saturated rings. The molecule has 3 rings (SSSR count). The number of methoxy groups -OCH3 is 1. The molecule has 0 bridgehead atoms. The number of carbonyl (C=O) groups excluding carboxylic acids is 2. The standard InChI is InChI=1S/C19H24N4O3/c1-15(23-8-7-20-14-23)13-18(24)22-11-9-21(10-12-22)17-5-3-16(4-6-17)19(25)26-2/h3-8,14-15H,9-13H2,1-2H3. The fourth-order valence-electron chi connectivity index (χ4n) is 3.16. The number of hydrogen-bond donors (Lipinski definition) is 0. The van der Waals surface area contributed by atoms with Gasteiger partial charge in [-0.3, -0.25) is 4.79 Å². The summed E-state index contributed by atoms with van der Waals surface area (Å²) >= 11 is 0. The van der Waals surface area contributed by atoms with Crippen molar-refractivity contribution < 1.29 is 14.3 Å². The Labute approximate surface area is 153 Å². The third-order valence-electron chi connectivity index (χ3n) is 4.79. The molecule has 0 N–H and O–H groups in total. The molecule has 2 aromatic rings. The van der Waals surface area contributed by atoms with Gasteiger partial charge in [-0.25, -0.2) is 9.78 Å². The van der Waals surface area contributed by atoms with Gasteiger partial charge in [-0.15, -0.1) is 0 Å². The monoisotopic (exact) mass is 356 g/mol. The van der Waals surface area contributed by atoms with Gasteiger partial charge in [0, 0.05) is 56.7 Å². The van der Waals surface area contributed by atoms with E-state index in [1.165, 1.54) is 7.11 Å². The molecule has 2 heterocycles. The Kier molecular flexibility index (Phi) is 5.55. The van der Waals surface area contributed by atoms with E-state index < -0.39 is 0 Å². The average molecular weight is 356 g/mol. The number of piperazine rings is 1. The number of aromatic nitrogens is 2. The zero-order valence-electron chi connectivity index (χ0n) is 15.2. The van der Waals surface area contributed by atoms with Gasteiger partial charge in [0.25, 0.3) is 0 Å². The second-order valence-corrected chi connectivity index (χ2v) is 6.47. The van der Waals surface area contributed by atoms with E-state index in [9.17, 15) is 9.59 Å². The van der Waals surface area contributed by atoms with Crippen LogP contribution in [0.3, 0.4) is 0 Å². The van der Waals surface area contributed by atoms with Crippen LogP contribution in [0, 0.1) is 0 Å². The lowest BCUT2D eigenvalue weighted by Crippen LogP contribution is -2.49. The molecule has 0 aliphatic carbocycles. The minimum atomic E-state index is -0.334. The molecule has 1 aliphatic heterocycles. The third kappa shape index (κ3) is 4.04. The minimum Gasteiger partial charge on any atom is -0.465 e. The second kappa shape index (κ2) is 8.03. The number of nitrogens with zero attached hydrogens (tertiary/aromatic N) is 4. The van der Waals surface area contributed by atoms with E-state index in [0.717, 1.165) is 18.8 Å². The zero-order chi connectivity index (χ0) is 18.5. The predicted molar refractivity (Wildman–Crippen MR) is 98.1 cm³/mol. The van der Waals surface area contributed by atoms with Gasteiger partial charge in [-0.1, -0.05) is 0 Å². The Balaban J connectivity index is 1.52. The van der Waals surface area contributed by atoms with Crippen molar-refractivity contribution in [1.82, 2.24) is 14.5 Å². The highest BCUT2D eigenvalue weighted by atomic mass is 16.5. The number of hydrogen-bond acceptors (Lipinski definition) is 5. The molecule has 138 valence electrons. The average Bonchev–Trinajstić information content (AvgIpc) is 3.22. The molecule has 0 radical (unpaired) electrons. The minimum absolute atomic E-state index is 0.105. The molecule has 1 aliphatic rings. The number of ether oxygens (including phenoxy) is 1. The second-order valence-electron chi connectivity index (χ2n) is 6.47. The smallest absolute Gasteiger partial charge is 0.337 e. The lowest BCUT2D eigenvalue weighted by molar-refractivity contribution is -0.132. The van der Waals surface area contributed by atoms with E-state index in [1.54, 1.807) is 24.7 Å². The van der Waals surface area contributed by atoms with Gasteiger partial charge in [0.1, 0.15) is 0 Å². The molecule has 0 spiro atoms. The van der Waals surface area contributed by atoms with E-state index in [2.05, 4.69) is 9.88 Å². The van der Waals surface area contributed by atoms with Crippen LogP contribution in [-0.2, 0) is 9.53 Å². The number of anilines is 1. The van der Waals surface area contributed by atoms with Gasteiger partial charge in [-0.2, -0.15) is 0 Å². The Morgan fingerprint density at radius 2 is 1.85 bits per heavy atom. The predicted octanol–water partition coefficient (Wildman–Crippen LogP) is 1.97. The van der Waals surface area contributed by atoms with Crippen molar-refractivity contribution in [2.45, 2.75) is 19.4 Å². The number of rotatable bonds is 5. The van der Waals surface area contributed by atoms with Crippen molar-refractivity contribution in [1.29, 1.82) is 0 Å². The molecule has 1 unspecified atom stereocenters. The SMILES string of the molecule is COC(=O)c1ccc(N2CCN(C(=O)CC(C)n3ccnc3)CC2)cc1. The molecule has 0 saturated carbocycles. The van der Waals surface area contributed by atoms with Crippen LogP contribution in [0.5, 0.6) is 0 Å². The van der Waals surface area contributed by atoms with Crippen molar-refractivity contribution in [2.75, 3.05) is 38.2 Å². The lowest BCUT2D eigenvalue weighted by atomic mass is 10.1. The summed E-state index contributed by atoms with van der Waals surface area (Å²) in [5.41, 5.74) is 1.59. The number of benzene rings is 1. The van der Waals surface area contributed by atoms with Gasteiger partial charge in [0.15, 0.2) is 0 Å². The summed E-state index contributed by atoms with van der Waals surface area (Å²) in [6, 6.07) is 7.49. The molecule has 1 amide bonds. The molecule has 26 heavy (non-hydrogen) atoms. The van der Waals surface area contributed by atoms with E-state index in [4.69, 9.17) is 4.74 Å². The summed E-state index contributed by atoms with van der Waals surface area (Å²) in [6.07, 6.45) is 5.83. The van der Waals surface area contributed by atoms with Crippen molar-refractivity contribution in [3.05, 3.63) is 48.5 Å². The highest BCUT2D eigenvalue weighted by molar-refractivity contribution is 5.89. The molecule has 1 aromatic heterocycles. The Bertz CT molecular complexity index is 735. The summed E-state index contributed by atoms with van der Waals surface area (Å²) in [5.74, 6) is -0.161. The molecule has 7 heteroatoms. The van der Waals surface area contributed by atoms with Crippen LogP contribution in [0.2, 0.25) is 0 Å². The Hall–Kier alpha value is -2.83. The largest absolute Gasteiger partial charge is 0.465 e. The van der Waals surface area contributed by atoms with Crippen LogP contribution in [0.25, 0.3) is 0 Å². The topological polar surface area (TPSA) is 67.7 Å². The molecule has 7 nitrogen and oxygen atoms in total. The molecule has 1 aromatic carbocycles. The fourth-order valence-corrected chi connectivity index (χ4v) is 3.16. The maximum atomic E-state index is 12.5. The van der Waals surface area contributed by atoms with Crippen LogP contribution in [0.1, 0.15) is 29.7 Å². The van der Waals surface area contributed by atoms with Crippen LogP contribution < -0.4 is 4.90 Å². The van der Waals surface area contributed by atoms with Gasteiger partial charge in [-0.05, 0) is 31.2 Å². The van der Waals surface area contributed by atoms with Gasteiger partial charge in [0.05, 0.1) is 19.0 Å². The maximum absolute atomic E-state index is 12.5. The Morgan fingerprint density at radius 3 is 2.42 bits per heavy atom. The van der Waals surface area contributed by atoms with Crippen molar-refractivity contribution in [3.8, 4) is 0 Å². The van der Waals surface area contributed by atoms with Crippen LogP contribution >= 0.6 is 0 Å². The number of esters is 1. The molecule has 1 saturated heterocycles. The van der Waals surface area contributed by atoms with Crippen LogP contribution in [-0.4, -0.2) is 59.6 Å². The molecular weight excluding hydrogens is 332 g/mol. The normalized spacial score (nSPS) is 15.6. The van der Waals surface area contributed by atoms with Crippen LogP contribution in [0.4, 0.5) is 5.69 Å². The summed E-state index contributed by atoms with van der Waals surface area (Å²) in [7, 11) is 1.38.